The molecule has 2 heteroatoms. The molecule has 0 aromatic rings. The van der Waals surface area contributed by atoms with Gasteiger partial charge in [-0.25, -0.2) is 0 Å². The average molecular weight is 295 g/mol. The molecule has 0 radical (unpaired) electrons. The Labute approximate surface area is 132 Å². The van der Waals surface area contributed by atoms with E-state index >= 15 is 0 Å². The summed E-state index contributed by atoms with van der Waals surface area (Å²) in [5.74, 6) is 3.36. The van der Waals surface area contributed by atoms with E-state index in [0.29, 0.717) is 12.1 Å². The van der Waals surface area contributed by atoms with Crippen LogP contribution in [0, 0.1) is 23.7 Å². The van der Waals surface area contributed by atoms with Crippen LogP contribution in [0.4, 0.5) is 0 Å². The molecule has 2 aliphatic carbocycles. The highest BCUT2D eigenvalue weighted by atomic mass is 14.7. The Bertz CT molecular complexity index is 263. The van der Waals surface area contributed by atoms with E-state index in [1.807, 2.05) is 0 Å². The smallest absolute Gasteiger partial charge is 0.00674 e. The molecule has 0 heterocycles. The molecule has 0 aliphatic heterocycles. The molecule has 0 aromatic heterocycles. The lowest BCUT2D eigenvalue weighted by molar-refractivity contribution is 0.142. The summed E-state index contributed by atoms with van der Waals surface area (Å²) >= 11 is 0. The summed E-state index contributed by atoms with van der Waals surface area (Å²) in [6.07, 6.45) is 14.7. The Kier molecular flexibility index (Phi) is 7.01. The lowest BCUT2D eigenvalue weighted by Crippen LogP contribution is -2.42. The molecule has 2 nitrogen and oxygen atoms in total. The van der Waals surface area contributed by atoms with E-state index in [1.54, 1.807) is 0 Å². The first-order chi connectivity index (χ1) is 10.1. The Morgan fingerprint density at radius 1 is 0.714 bits per heavy atom. The van der Waals surface area contributed by atoms with Gasteiger partial charge < -0.3 is 11.5 Å². The van der Waals surface area contributed by atoms with Gasteiger partial charge in [-0.1, -0.05) is 39.5 Å². The number of hydrogen-bond acceptors (Lipinski definition) is 2. The van der Waals surface area contributed by atoms with E-state index in [2.05, 4.69) is 13.8 Å². The van der Waals surface area contributed by atoms with Gasteiger partial charge in [0.1, 0.15) is 0 Å². The molecule has 21 heavy (non-hydrogen) atoms. The van der Waals surface area contributed by atoms with Gasteiger partial charge >= 0.3 is 0 Å². The first kappa shape index (κ1) is 17.3. The third-order valence-electron chi connectivity index (χ3n) is 6.30. The highest BCUT2D eigenvalue weighted by Gasteiger charge is 2.34. The lowest BCUT2D eigenvalue weighted by Gasteiger charge is -2.40. The lowest BCUT2D eigenvalue weighted by atomic mass is 9.68. The predicted octanol–water partition coefficient (Wildman–Crippen LogP) is 4.46. The van der Waals surface area contributed by atoms with Gasteiger partial charge in [0.25, 0.3) is 0 Å². The first-order valence-electron chi connectivity index (χ1n) is 9.65. The van der Waals surface area contributed by atoms with Crippen LogP contribution in [0.2, 0.25) is 0 Å². The van der Waals surface area contributed by atoms with Crippen LogP contribution in [0.5, 0.6) is 0 Å². The number of rotatable bonds is 6. The molecule has 0 bridgehead atoms. The van der Waals surface area contributed by atoms with Crippen molar-refractivity contribution in [3.63, 3.8) is 0 Å². The van der Waals surface area contributed by atoms with Gasteiger partial charge in [0.2, 0.25) is 0 Å². The van der Waals surface area contributed by atoms with Crippen LogP contribution >= 0.6 is 0 Å². The van der Waals surface area contributed by atoms with Crippen molar-refractivity contribution in [2.24, 2.45) is 35.1 Å². The van der Waals surface area contributed by atoms with Gasteiger partial charge in [0.05, 0.1) is 0 Å². The molecule has 4 N–H and O–H groups in total. The molecule has 2 saturated carbocycles. The molecule has 0 aromatic carbocycles. The minimum absolute atomic E-state index is 0.442. The molecule has 6 unspecified atom stereocenters. The molecule has 2 aliphatic rings. The van der Waals surface area contributed by atoms with Gasteiger partial charge in [0, 0.05) is 12.1 Å². The van der Waals surface area contributed by atoms with Crippen molar-refractivity contribution in [3.05, 3.63) is 0 Å². The fourth-order valence-corrected chi connectivity index (χ4v) is 5.04. The molecule has 0 saturated heterocycles. The molecule has 6 atom stereocenters. The fourth-order valence-electron chi connectivity index (χ4n) is 5.04. The minimum atomic E-state index is 0.442. The van der Waals surface area contributed by atoms with Gasteiger partial charge in [-0.05, 0) is 68.6 Å². The summed E-state index contributed by atoms with van der Waals surface area (Å²) in [6.45, 7) is 4.63. The van der Waals surface area contributed by atoms with Crippen LogP contribution in [0.3, 0.4) is 0 Å². The third kappa shape index (κ3) is 4.96. The van der Waals surface area contributed by atoms with Crippen LogP contribution in [0.15, 0.2) is 0 Å². The van der Waals surface area contributed by atoms with E-state index < -0.39 is 0 Å². The Balaban J connectivity index is 1.88. The number of hydrogen-bond donors (Lipinski definition) is 2. The monoisotopic (exact) mass is 294 g/mol. The Morgan fingerprint density at radius 3 is 1.52 bits per heavy atom. The highest BCUT2D eigenvalue weighted by molar-refractivity contribution is 4.89. The van der Waals surface area contributed by atoms with Gasteiger partial charge in [-0.3, -0.25) is 0 Å². The van der Waals surface area contributed by atoms with Crippen molar-refractivity contribution < 1.29 is 0 Å². The maximum Gasteiger partial charge on any atom is 0.00674 e. The molecule has 2 rings (SSSR count). The van der Waals surface area contributed by atoms with Crippen molar-refractivity contribution >= 4 is 0 Å². The van der Waals surface area contributed by atoms with E-state index in [1.165, 1.54) is 70.6 Å². The molecular formula is C19H38N2. The second-order valence-corrected chi connectivity index (χ2v) is 8.02. The number of nitrogens with two attached hydrogens (primary N) is 2. The van der Waals surface area contributed by atoms with Gasteiger partial charge in [-0.15, -0.1) is 0 Å². The maximum absolute atomic E-state index is 6.45. The van der Waals surface area contributed by atoms with Crippen molar-refractivity contribution in [3.8, 4) is 0 Å². The zero-order chi connectivity index (χ0) is 15.2. The summed E-state index contributed by atoms with van der Waals surface area (Å²) in [5, 5.41) is 0. The summed E-state index contributed by atoms with van der Waals surface area (Å²) < 4.78 is 0. The van der Waals surface area contributed by atoms with Crippen LogP contribution in [0.1, 0.15) is 84.5 Å². The molecular weight excluding hydrogens is 256 g/mol. The minimum Gasteiger partial charge on any atom is -0.327 e. The fraction of sp³-hybridized carbons (Fsp3) is 1.00. The summed E-state index contributed by atoms with van der Waals surface area (Å²) in [7, 11) is 0. The Morgan fingerprint density at radius 2 is 1.14 bits per heavy atom. The van der Waals surface area contributed by atoms with Crippen LogP contribution < -0.4 is 11.5 Å². The first-order valence-corrected chi connectivity index (χ1v) is 9.65. The third-order valence-corrected chi connectivity index (χ3v) is 6.30. The van der Waals surface area contributed by atoms with Crippen molar-refractivity contribution in [1.29, 1.82) is 0 Å². The van der Waals surface area contributed by atoms with Gasteiger partial charge in [-0.2, -0.15) is 0 Å². The molecule has 0 spiro atoms. The van der Waals surface area contributed by atoms with E-state index in [9.17, 15) is 0 Å². The van der Waals surface area contributed by atoms with Gasteiger partial charge in [0.15, 0.2) is 0 Å². The quantitative estimate of drug-likeness (QED) is 0.759. The Hall–Kier alpha value is -0.0800. The summed E-state index contributed by atoms with van der Waals surface area (Å²) in [4.78, 5) is 0. The van der Waals surface area contributed by atoms with Crippen LogP contribution in [-0.4, -0.2) is 12.1 Å². The zero-order valence-corrected chi connectivity index (χ0v) is 14.4. The SMILES string of the molecule is CCCC1CCC(N)C(CC2CC(CCC)CCC2N)C1. The second-order valence-electron chi connectivity index (χ2n) is 8.02. The average Bonchev–Trinajstić information content (AvgIpc) is 2.46. The largest absolute Gasteiger partial charge is 0.327 e. The van der Waals surface area contributed by atoms with E-state index in [4.69, 9.17) is 11.5 Å². The zero-order valence-electron chi connectivity index (χ0n) is 14.4. The van der Waals surface area contributed by atoms with E-state index in [-0.39, 0.29) is 0 Å². The van der Waals surface area contributed by atoms with Crippen LogP contribution in [-0.2, 0) is 0 Å². The summed E-state index contributed by atoms with van der Waals surface area (Å²) in [6, 6.07) is 0.883. The van der Waals surface area contributed by atoms with E-state index in [0.717, 1.165) is 23.7 Å². The molecule has 124 valence electrons. The van der Waals surface area contributed by atoms with Crippen molar-refractivity contribution in [2.75, 3.05) is 0 Å². The molecule has 0 amide bonds. The topological polar surface area (TPSA) is 52.0 Å². The van der Waals surface area contributed by atoms with Crippen molar-refractivity contribution in [1.82, 2.24) is 0 Å². The highest BCUT2D eigenvalue weighted by Crippen LogP contribution is 2.40. The standard InChI is InChI=1S/C19H38N2/c1-3-5-14-7-9-18(20)16(11-14)13-17-12-15(6-4-2)8-10-19(17)21/h14-19H,3-13,20-21H2,1-2H3. The maximum atomic E-state index is 6.45. The normalized spacial score (nSPS) is 41.1. The van der Waals surface area contributed by atoms with Crippen LogP contribution in [0.25, 0.3) is 0 Å². The predicted molar refractivity (Wildman–Crippen MR) is 92.0 cm³/mol. The summed E-state index contributed by atoms with van der Waals surface area (Å²) in [5.41, 5.74) is 12.9. The molecule has 2 fully saturated rings. The van der Waals surface area contributed by atoms with Crippen molar-refractivity contribution in [2.45, 2.75) is 96.6 Å². The second kappa shape index (κ2) is 8.53.